The van der Waals surface area contributed by atoms with E-state index < -0.39 is 0 Å². The normalized spacial score (nSPS) is 29.9. The highest BCUT2D eigenvalue weighted by Gasteiger charge is 2.35. The first-order valence-corrected chi connectivity index (χ1v) is 5.37. The minimum absolute atomic E-state index is 0.172. The van der Waals surface area contributed by atoms with Gasteiger partial charge in [0.25, 0.3) is 0 Å². The Kier molecular flexibility index (Phi) is 4.39. The highest BCUT2D eigenvalue weighted by atomic mass is 35.5. The average molecular weight is 235 g/mol. The van der Waals surface area contributed by atoms with E-state index in [-0.39, 0.29) is 29.3 Å². The molecule has 1 aliphatic carbocycles. The number of hydrogen-bond acceptors (Lipinski definition) is 4. The van der Waals surface area contributed by atoms with Crippen LogP contribution in [0.1, 0.15) is 26.7 Å². The number of carbonyl (C=O) groups excluding carboxylic acids is 2. The Labute approximate surface area is 93.9 Å². The van der Waals surface area contributed by atoms with E-state index in [1.165, 1.54) is 13.8 Å². The van der Waals surface area contributed by atoms with Crippen molar-refractivity contribution in [2.24, 2.45) is 5.92 Å². The van der Waals surface area contributed by atoms with Gasteiger partial charge in [-0.05, 0) is 18.8 Å². The third kappa shape index (κ3) is 4.08. The van der Waals surface area contributed by atoms with Gasteiger partial charge in [0.1, 0.15) is 6.10 Å². The molecule has 1 fully saturated rings. The summed E-state index contributed by atoms with van der Waals surface area (Å²) in [5.74, 6) is -0.420. The molecule has 0 N–H and O–H groups in total. The third-order valence-electron chi connectivity index (χ3n) is 2.37. The van der Waals surface area contributed by atoms with Gasteiger partial charge in [-0.3, -0.25) is 9.59 Å². The first-order chi connectivity index (χ1) is 6.99. The van der Waals surface area contributed by atoms with Crippen molar-refractivity contribution >= 4 is 23.5 Å². The van der Waals surface area contributed by atoms with Crippen molar-refractivity contribution in [3.63, 3.8) is 0 Å². The largest absolute Gasteiger partial charge is 0.466 e. The lowest BCUT2D eigenvalue weighted by Crippen LogP contribution is -2.20. The van der Waals surface area contributed by atoms with Crippen LogP contribution in [-0.4, -0.2) is 30.0 Å². The number of halogens is 1. The Balaban J connectivity index is 2.34. The smallest absolute Gasteiger partial charge is 0.302 e. The van der Waals surface area contributed by atoms with Crippen LogP contribution in [-0.2, 0) is 19.1 Å². The van der Waals surface area contributed by atoms with Crippen molar-refractivity contribution in [2.75, 3.05) is 6.61 Å². The van der Waals surface area contributed by atoms with Crippen molar-refractivity contribution in [2.45, 2.75) is 38.2 Å². The van der Waals surface area contributed by atoms with Crippen LogP contribution in [0.2, 0.25) is 0 Å². The molecule has 0 aromatic heterocycles. The van der Waals surface area contributed by atoms with Gasteiger partial charge in [-0.1, -0.05) is 0 Å². The number of hydrogen-bond donors (Lipinski definition) is 0. The lowest BCUT2D eigenvalue weighted by Gasteiger charge is -2.13. The highest BCUT2D eigenvalue weighted by molar-refractivity contribution is 6.21. The first kappa shape index (κ1) is 12.3. The van der Waals surface area contributed by atoms with Gasteiger partial charge in [-0.2, -0.15) is 0 Å². The topological polar surface area (TPSA) is 52.6 Å². The fraction of sp³-hybridized carbons (Fsp3) is 0.800. The SMILES string of the molecule is CC(=O)OC[C@@H]1C[C@H](OC(C)=O)[C@@H](Cl)C1. The molecule has 3 atom stereocenters. The molecule has 0 unspecified atom stereocenters. The summed E-state index contributed by atoms with van der Waals surface area (Å²) >= 11 is 6.01. The van der Waals surface area contributed by atoms with Crippen molar-refractivity contribution in [3.05, 3.63) is 0 Å². The lowest BCUT2D eigenvalue weighted by molar-refractivity contribution is -0.147. The van der Waals surface area contributed by atoms with Crippen LogP contribution in [0.4, 0.5) is 0 Å². The minimum Gasteiger partial charge on any atom is -0.466 e. The predicted molar refractivity (Wildman–Crippen MR) is 54.6 cm³/mol. The molecule has 0 saturated heterocycles. The second-order valence-corrected chi connectivity index (χ2v) is 4.36. The summed E-state index contributed by atoms with van der Waals surface area (Å²) in [5.41, 5.74) is 0. The quantitative estimate of drug-likeness (QED) is 0.549. The van der Waals surface area contributed by atoms with Crippen LogP contribution in [0.5, 0.6) is 0 Å². The number of alkyl halides is 1. The molecule has 5 heteroatoms. The van der Waals surface area contributed by atoms with Crippen LogP contribution < -0.4 is 0 Å². The zero-order chi connectivity index (χ0) is 11.4. The number of esters is 2. The van der Waals surface area contributed by atoms with E-state index in [1.807, 2.05) is 0 Å². The zero-order valence-corrected chi connectivity index (χ0v) is 9.62. The minimum atomic E-state index is -0.321. The summed E-state index contributed by atoms with van der Waals surface area (Å²) in [5, 5.41) is -0.172. The molecular weight excluding hydrogens is 220 g/mol. The van der Waals surface area contributed by atoms with E-state index in [9.17, 15) is 9.59 Å². The maximum Gasteiger partial charge on any atom is 0.302 e. The van der Waals surface area contributed by atoms with E-state index in [1.54, 1.807) is 0 Å². The molecule has 0 aromatic rings. The average Bonchev–Trinajstić information content (AvgIpc) is 2.43. The van der Waals surface area contributed by atoms with Gasteiger partial charge in [-0.15, -0.1) is 11.6 Å². The number of rotatable bonds is 3. The fourth-order valence-electron chi connectivity index (χ4n) is 1.75. The van der Waals surface area contributed by atoms with Crippen molar-refractivity contribution in [1.29, 1.82) is 0 Å². The predicted octanol–water partition coefficient (Wildman–Crippen LogP) is 1.50. The molecule has 0 aliphatic heterocycles. The number of carbonyl (C=O) groups is 2. The number of ether oxygens (including phenoxy) is 2. The van der Waals surface area contributed by atoms with Gasteiger partial charge in [0.15, 0.2) is 0 Å². The second kappa shape index (κ2) is 5.35. The van der Waals surface area contributed by atoms with Crippen LogP contribution in [0.25, 0.3) is 0 Å². The molecule has 1 aliphatic rings. The van der Waals surface area contributed by atoms with Crippen LogP contribution >= 0.6 is 11.6 Å². The summed E-state index contributed by atoms with van der Waals surface area (Å²) in [6, 6.07) is 0. The summed E-state index contributed by atoms with van der Waals surface area (Å²) in [6.45, 7) is 3.09. The van der Waals surface area contributed by atoms with E-state index in [0.29, 0.717) is 19.4 Å². The van der Waals surface area contributed by atoms with E-state index in [2.05, 4.69) is 0 Å². The second-order valence-electron chi connectivity index (χ2n) is 3.80. The summed E-state index contributed by atoms with van der Waals surface area (Å²) in [6.07, 6.45) is 1.14. The molecule has 86 valence electrons. The Morgan fingerprint density at radius 1 is 1.27 bits per heavy atom. The van der Waals surface area contributed by atoms with Gasteiger partial charge >= 0.3 is 11.9 Å². The first-order valence-electron chi connectivity index (χ1n) is 4.93. The Bertz CT molecular complexity index is 254. The maximum atomic E-state index is 10.8. The molecule has 0 radical (unpaired) electrons. The van der Waals surface area contributed by atoms with Gasteiger partial charge < -0.3 is 9.47 Å². The molecule has 0 amide bonds. The molecular formula is C10H15ClO4. The summed E-state index contributed by atoms with van der Waals surface area (Å²) < 4.78 is 9.94. The Morgan fingerprint density at radius 2 is 1.93 bits per heavy atom. The maximum absolute atomic E-state index is 10.8. The van der Waals surface area contributed by atoms with Crippen molar-refractivity contribution < 1.29 is 19.1 Å². The highest BCUT2D eigenvalue weighted by Crippen LogP contribution is 2.32. The molecule has 0 aromatic carbocycles. The molecule has 15 heavy (non-hydrogen) atoms. The zero-order valence-electron chi connectivity index (χ0n) is 8.86. The van der Waals surface area contributed by atoms with Gasteiger partial charge in [0.2, 0.25) is 0 Å². The molecule has 1 rings (SSSR count). The van der Waals surface area contributed by atoms with Gasteiger partial charge in [0, 0.05) is 13.8 Å². The monoisotopic (exact) mass is 234 g/mol. The molecule has 4 nitrogen and oxygen atoms in total. The molecule has 0 heterocycles. The van der Waals surface area contributed by atoms with Crippen LogP contribution in [0.15, 0.2) is 0 Å². The van der Waals surface area contributed by atoms with E-state index in [4.69, 9.17) is 21.1 Å². The molecule has 1 saturated carbocycles. The van der Waals surface area contributed by atoms with Crippen molar-refractivity contribution in [1.82, 2.24) is 0 Å². The van der Waals surface area contributed by atoms with Crippen LogP contribution in [0.3, 0.4) is 0 Å². The summed E-state index contributed by atoms with van der Waals surface area (Å²) in [7, 11) is 0. The Morgan fingerprint density at radius 3 is 2.47 bits per heavy atom. The van der Waals surface area contributed by atoms with E-state index >= 15 is 0 Å². The molecule has 0 bridgehead atoms. The van der Waals surface area contributed by atoms with Gasteiger partial charge in [0.05, 0.1) is 12.0 Å². The van der Waals surface area contributed by atoms with E-state index in [0.717, 1.165) is 0 Å². The van der Waals surface area contributed by atoms with Gasteiger partial charge in [-0.25, -0.2) is 0 Å². The van der Waals surface area contributed by atoms with Crippen LogP contribution in [0, 0.1) is 5.92 Å². The lowest BCUT2D eigenvalue weighted by atomic mass is 10.1. The Hall–Kier alpha value is -0.770. The summed E-state index contributed by atoms with van der Waals surface area (Å²) in [4.78, 5) is 21.4. The van der Waals surface area contributed by atoms with Crippen molar-refractivity contribution in [3.8, 4) is 0 Å². The molecule has 0 spiro atoms. The standard InChI is InChI=1S/C10H15ClO4/c1-6(12)14-5-8-3-9(11)10(4-8)15-7(2)13/h8-10H,3-5H2,1-2H3/t8-,9-,10-/m0/s1. The third-order valence-corrected chi connectivity index (χ3v) is 2.83. The fourth-order valence-corrected chi connectivity index (χ4v) is 2.16.